The lowest BCUT2D eigenvalue weighted by Gasteiger charge is -2.25. The Kier molecular flexibility index (Phi) is 9.04. The third-order valence-electron chi connectivity index (χ3n) is 3.93. The first-order valence-corrected chi connectivity index (χ1v) is 9.17. The molecule has 1 aliphatic rings. The Hall–Kier alpha value is -0.830. The molecule has 0 aromatic carbocycles. The Bertz CT molecular complexity index is 527. The number of carbonyl (C=O) groups is 1. The van der Waals surface area contributed by atoms with E-state index < -0.39 is 0 Å². The van der Waals surface area contributed by atoms with Crippen LogP contribution in [0.1, 0.15) is 44.4 Å². The summed E-state index contributed by atoms with van der Waals surface area (Å²) in [7, 11) is 1.77. The molecule has 0 spiro atoms. The van der Waals surface area contributed by atoms with Crippen LogP contribution in [0, 0.1) is 0 Å². The van der Waals surface area contributed by atoms with Crippen molar-refractivity contribution in [2.75, 3.05) is 20.1 Å². The summed E-state index contributed by atoms with van der Waals surface area (Å²) in [5, 5.41) is 11.8. The summed E-state index contributed by atoms with van der Waals surface area (Å²) >= 11 is 1.78. The highest BCUT2D eigenvalue weighted by Crippen LogP contribution is 2.26. The summed E-state index contributed by atoms with van der Waals surface area (Å²) in [6, 6.07) is 4.70. The Morgan fingerprint density at radius 1 is 1.38 bits per heavy atom. The Morgan fingerprint density at radius 2 is 2.12 bits per heavy atom. The Balaban J connectivity index is 0.00000288. The quantitative estimate of drug-likeness (QED) is 0.240. The zero-order chi connectivity index (χ0) is 16.7. The number of amides is 1. The van der Waals surface area contributed by atoms with Crippen LogP contribution in [0.4, 0.5) is 0 Å². The van der Waals surface area contributed by atoms with Gasteiger partial charge >= 0.3 is 0 Å². The van der Waals surface area contributed by atoms with E-state index in [4.69, 9.17) is 0 Å². The van der Waals surface area contributed by atoms with Gasteiger partial charge in [-0.05, 0) is 30.7 Å². The molecule has 1 aromatic heterocycles. The van der Waals surface area contributed by atoms with Gasteiger partial charge in [-0.25, -0.2) is 0 Å². The summed E-state index contributed by atoms with van der Waals surface area (Å²) in [5.74, 6) is 0.952. The van der Waals surface area contributed by atoms with Crippen LogP contribution in [0.25, 0.3) is 0 Å². The molecule has 1 amide bonds. The number of halogens is 1. The van der Waals surface area contributed by atoms with Gasteiger partial charge < -0.3 is 16.0 Å². The molecule has 0 bridgehead atoms. The van der Waals surface area contributed by atoms with Gasteiger partial charge in [-0.1, -0.05) is 19.9 Å². The van der Waals surface area contributed by atoms with E-state index in [2.05, 4.69) is 52.3 Å². The highest BCUT2D eigenvalue weighted by molar-refractivity contribution is 14.0. The second-order valence-corrected chi connectivity index (χ2v) is 7.61. The molecule has 7 heteroatoms. The van der Waals surface area contributed by atoms with E-state index in [1.165, 1.54) is 4.88 Å². The first-order chi connectivity index (χ1) is 11.0. The second kappa shape index (κ2) is 10.2. The maximum atomic E-state index is 11.6. The number of rotatable bonds is 8. The maximum Gasteiger partial charge on any atom is 0.220 e. The van der Waals surface area contributed by atoms with Crippen LogP contribution in [-0.4, -0.2) is 38.0 Å². The third-order valence-corrected chi connectivity index (χ3v) is 5.16. The van der Waals surface area contributed by atoms with Gasteiger partial charge in [-0.3, -0.25) is 9.79 Å². The fraction of sp³-hybridized carbons (Fsp3) is 0.647. The molecule has 1 saturated carbocycles. The van der Waals surface area contributed by atoms with Crippen molar-refractivity contribution in [2.24, 2.45) is 4.99 Å². The normalized spacial score (nSPS) is 14.7. The van der Waals surface area contributed by atoms with E-state index in [0.29, 0.717) is 12.5 Å². The van der Waals surface area contributed by atoms with Gasteiger partial charge in [0.05, 0.1) is 0 Å². The molecule has 1 fully saturated rings. The topological polar surface area (TPSA) is 65.5 Å². The van der Waals surface area contributed by atoms with Crippen LogP contribution in [0.5, 0.6) is 0 Å². The van der Waals surface area contributed by atoms with E-state index >= 15 is 0 Å². The molecule has 1 aromatic rings. The minimum Gasteiger partial charge on any atom is -0.356 e. The van der Waals surface area contributed by atoms with E-state index in [1.807, 2.05) is 0 Å². The number of carbonyl (C=O) groups excluding carboxylic acids is 1. The van der Waals surface area contributed by atoms with Gasteiger partial charge in [0, 0.05) is 42.9 Å². The Labute approximate surface area is 166 Å². The predicted octanol–water partition coefficient (Wildman–Crippen LogP) is 2.87. The molecular formula is C17H29IN4OS. The summed E-state index contributed by atoms with van der Waals surface area (Å²) in [6.45, 7) is 6.01. The molecule has 2 rings (SSSR count). The summed E-state index contributed by atoms with van der Waals surface area (Å²) in [6.07, 6.45) is 3.66. The minimum absolute atomic E-state index is 0. The van der Waals surface area contributed by atoms with E-state index in [-0.39, 0.29) is 35.3 Å². The van der Waals surface area contributed by atoms with Gasteiger partial charge in [-0.15, -0.1) is 35.3 Å². The lowest BCUT2D eigenvalue weighted by atomic mass is 9.91. The SMILES string of the molecule is CN=C(NCCCC(=O)NC1CC1)NCC(C)(C)c1cccs1.I. The number of guanidine groups is 1. The fourth-order valence-corrected chi connectivity index (χ4v) is 3.11. The van der Waals surface area contributed by atoms with Gasteiger partial charge in [0.15, 0.2) is 5.96 Å². The molecule has 24 heavy (non-hydrogen) atoms. The van der Waals surface area contributed by atoms with Crippen molar-refractivity contribution < 1.29 is 4.79 Å². The van der Waals surface area contributed by atoms with Crippen LogP contribution in [0.15, 0.2) is 22.5 Å². The maximum absolute atomic E-state index is 11.6. The fourth-order valence-electron chi connectivity index (χ4n) is 2.26. The number of hydrogen-bond acceptors (Lipinski definition) is 3. The van der Waals surface area contributed by atoms with Crippen LogP contribution in [-0.2, 0) is 10.2 Å². The lowest BCUT2D eigenvalue weighted by molar-refractivity contribution is -0.121. The Morgan fingerprint density at radius 3 is 2.71 bits per heavy atom. The zero-order valence-electron chi connectivity index (χ0n) is 14.7. The molecule has 1 aliphatic carbocycles. The largest absolute Gasteiger partial charge is 0.356 e. The molecule has 1 heterocycles. The molecule has 3 N–H and O–H groups in total. The number of nitrogens with one attached hydrogen (secondary N) is 3. The summed E-state index contributed by atoms with van der Waals surface area (Å²) in [5.41, 5.74) is 0.0654. The minimum atomic E-state index is 0. The zero-order valence-corrected chi connectivity index (χ0v) is 17.9. The molecule has 136 valence electrons. The van der Waals surface area contributed by atoms with Crippen molar-refractivity contribution in [3.8, 4) is 0 Å². The van der Waals surface area contributed by atoms with Crippen LogP contribution in [0.3, 0.4) is 0 Å². The van der Waals surface area contributed by atoms with Gasteiger partial charge in [0.1, 0.15) is 0 Å². The van der Waals surface area contributed by atoms with Crippen molar-refractivity contribution in [3.05, 3.63) is 22.4 Å². The van der Waals surface area contributed by atoms with Gasteiger partial charge in [-0.2, -0.15) is 0 Å². The van der Waals surface area contributed by atoms with Crippen molar-refractivity contribution >= 4 is 47.2 Å². The average molecular weight is 464 g/mol. The summed E-state index contributed by atoms with van der Waals surface area (Å²) in [4.78, 5) is 17.2. The highest BCUT2D eigenvalue weighted by Gasteiger charge is 2.23. The number of aliphatic imine (C=N–C) groups is 1. The standard InChI is InChI=1S/C17H28N4OS.HI/c1-17(2,14-6-5-11-23-14)12-20-16(18-3)19-10-4-7-15(22)21-13-8-9-13;/h5-6,11,13H,4,7-10,12H2,1-3H3,(H,21,22)(H2,18,19,20);1H. The van der Waals surface area contributed by atoms with Gasteiger partial charge in [0.2, 0.25) is 5.91 Å². The molecule has 0 aliphatic heterocycles. The molecular weight excluding hydrogens is 435 g/mol. The number of thiophene rings is 1. The summed E-state index contributed by atoms with van der Waals surface area (Å²) < 4.78 is 0. The van der Waals surface area contributed by atoms with Gasteiger partial charge in [0.25, 0.3) is 0 Å². The van der Waals surface area contributed by atoms with Crippen molar-refractivity contribution in [2.45, 2.75) is 51.0 Å². The first kappa shape index (κ1) is 21.2. The molecule has 5 nitrogen and oxygen atoms in total. The van der Waals surface area contributed by atoms with Crippen LogP contribution < -0.4 is 16.0 Å². The number of hydrogen-bond donors (Lipinski definition) is 3. The van der Waals surface area contributed by atoms with Crippen molar-refractivity contribution in [1.82, 2.24) is 16.0 Å². The number of nitrogens with zero attached hydrogens (tertiary/aromatic N) is 1. The lowest BCUT2D eigenvalue weighted by Crippen LogP contribution is -2.43. The van der Waals surface area contributed by atoms with Crippen LogP contribution in [0.2, 0.25) is 0 Å². The molecule has 0 saturated heterocycles. The van der Waals surface area contributed by atoms with Crippen molar-refractivity contribution in [1.29, 1.82) is 0 Å². The molecule has 0 atom stereocenters. The molecule has 0 radical (unpaired) electrons. The third kappa shape index (κ3) is 7.38. The second-order valence-electron chi connectivity index (χ2n) is 6.66. The predicted molar refractivity (Wildman–Crippen MR) is 113 cm³/mol. The van der Waals surface area contributed by atoms with E-state index in [0.717, 1.165) is 38.3 Å². The van der Waals surface area contributed by atoms with Crippen molar-refractivity contribution in [3.63, 3.8) is 0 Å². The smallest absolute Gasteiger partial charge is 0.220 e. The average Bonchev–Trinajstić information content (AvgIpc) is 3.15. The molecule has 0 unspecified atom stereocenters. The first-order valence-electron chi connectivity index (χ1n) is 8.29. The highest BCUT2D eigenvalue weighted by atomic mass is 127. The van der Waals surface area contributed by atoms with Crippen LogP contribution >= 0.6 is 35.3 Å². The van der Waals surface area contributed by atoms with E-state index in [1.54, 1.807) is 18.4 Å². The van der Waals surface area contributed by atoms with E-state index in [9.17, 15) is 4.79 Å². The monoisotopic (exact) mass is 464 g/mol.